The van der Waals surface area contributed by atoms with E-state index in [0.29, 0.717) is 23.8 Å². The largest absolute Gasteiger partial charge is 0.497 e. The Bertz CT molecular complexity index is 1060. The van der Waals surface area contributed by atoms with E-state index < -0.39 is 0 Å². The highest BCUT2D eigenvalue weighted by Gasteiger charge is 2.08. The first-order chi connectivity index (χ1) is 13.7. The van der Waals surface area contributed by atoms with Crippen LogP contribution in [0.25, 0.3) is 5.69 Å². The third kappa shape index (κ3) is 3.93. The molecule has 2 aromatic heterocycles. The number of aromatic nitrogens is 4. The quantitative estimate of drug-likeness (QED) is 0.537. The van der Waals surface area contributed by atoms with Crippen molar-refractivity contribution in [2.24, 2.45) is 0 Å². The zero-order chi connectivity index (χ0) is 19.3. The highest BCUT2D eigenvalue weighted by molar-refractivity contribution is 5.68. The number of benzene rings is 2. The SMILES string of the molecule is COc1ccc(Nc2nc(Cc3cnn(-c4ccccc4)c3)ncc2N)cc1. The van der Waals surface area contributed by atoms with Crippen LogP contribution in [0.1, 0.15) is 11.4 Å². The molecular weight excluding hydrogens is 352 g/mol. The van der Waals surface area contributed by atoms with Crippen molar-refractivity contribution in [3.8, 4) is 11.4 Å². The lowest BCUT2D eigenvalue weighted by molar-refractivity contribution is 0.415. The number of nitrogens with one attached hydrogen (secondary N) is 1. The van der Waals surface area contributed by atoms with Crippen molar-refractivity contribution in [2.75, 3.05) is 18.2 Å². The Labute approximate surface area is 162 Å². The Morgan fingerprint density at radius 2 is 1.82 bits per heavy atom. The molecule has 0 aliphatic heterocycles. The van der Waals surface area contributed by atoms with Crippen LogP contribution in [0.3, 0.4) is 0 Å². The summed E-state index contributed by atoms with van der Waals surface area (Å²) in [6.07, 6.45) is 5.98. The average Bonchev–Trinajstić information content (AvgIpc) is 3.20. The number of nitrogens with two attached hydrogens (primary N) is 1. The third-order valence-electron chi connectivity index (χ3n) is 4.24. The van der Waals surface area contributed by atoms with E-state index >= 15 is 0 Å². The van der Waals surface area contributed by atoms with E-state index in [1.54, 1.807) is 13.3 Å². The molecule has 3 N–H and O–H groups in total. The fraction of sp³-hybridized carbons (Fsp3) is 0.0952. The van der Waals surface area contributed by atoms with Gasteiger partial charge in [-0.2, -0.15) is 5.10 Å². The highest BCUT2D eigenvalue weighted by atomic mass is 16.5. The van der Waals surface area contributed by atoms with Crippen LogP contribution in [0.5, 0.6) is 5.75 Å². The molecule has 0 bridgehead atoms. The lowest BCUT2D eigenvalue weighted by Crippen LogP contribution is -2.04. The van der Waals surface area contributed by atoms with Crippen molar-refractivity contribution in [2.45, 2.75) is 6.42 Å². The summed E-state index contributed by atoms with van der Waals surface area (Å²) in [4.78, 5) is 8.92. The summed E-state index contributed by atoms with van der Waals surface area (Å²) in [5.74, 6) is 2.03. The minimum atomic E-state index is 0.486. The summed E-state index contributed by atoms with van der Waals surface area (Å²) in [6, 6.07) is 17.5. The topological polar surface area (TPSA) is 90.9 Å². The van der Waals surface area contributed by atoms with Gasteiger partial charge in [0.15, 0.2) is 5.82 Å². The van der Waals surface area contributed by atoms with Crippen LogP contribution in [0.15, 0.2) is 73.2 Å². The Morgan fingerprint density at radius 3 is 2.57 bits per heavy atom. The van der Waals surface area contributed by atoms with Gasteiger partial charge in [-0.3, -0.25) is 0 Å². The van der Waals surface area contributed by atoms with Gasteiger partial charge in [0.25, 0.3) is 0 Å². The Hall–Kier alpha value is -3.87. The molecule has 7 heteroatoms. The molecule has 4 aromatic rings. The van der Waals surface area contributed by atoms with Crippen LogP contribution in [0.4, 0.5) is 17.2 Å². The lowest BCUT2D eigenvalue weighted by Gasteiger charge is -2.10. The highest BCUT2D eigenvalue weighted by Crippen LogP contribution is 2.23. The van der Waals surface area contributed by atoms with Gasteiger partial charge in [0.05, 0.1) is 30.9 Å². The first kappa shape index (κ1) is 17.5. The number of anilines is 3. The molecule has 4 rings (SSSR count). The standard InChI is InChI=1S/C21H20N6O/c1-28-18-9-7-16(8-10-18)25-21-19(22)13-23-20(26-21)11-15-12-24-27(14-15)17-5-3-2-4-6-17/h2-10,12-14H,11,22H2,1H3,(H,23,25,26). The zero-order valence-corrected chi connectivity index (χ0v) is 15.4. The van der Waals surface area contributed by atoms with Gasteiger partial charge in [-0.05, 0) is 42.0 Å². The number of methoxy groups -OCH3 is 1. The van der Waals surface area contributed by atoms with Gasteiger partial charge in [-0.15, -0.1) is 0 Å². The Morgan fingerprint density at radius 1 is 1.04 bits per heavy atom. The van der Waals surface area contributed by atoms with E-state index in [2.05, 4.69) is 20.4 Å². The van der Waals surface area contributed by atoms with Gasteiger partial charge in [-0.1, -0.05) is 18.2 Å². The molecule has 2 heterocycles. The second-order valence-electron chi connectivity index (χ2n) is 6.25. The van der Waals surface area contributed by atoms with Crippen molar-refractivity contribution in [3.63, 3.8) is 0 Å². The fourth-order valence-corrected chi connectivity index (χ4v) is 2.78. The average molecular weight is 372 g/mol. The van der Waals surface area contributed by atoms with Gasteiger partial charge in [0, 0.05) is 18.3 Å². The molecule has 0 spiro atoms. The van der Waals surface area contributed by atoms with Crippen LogP contribution in [0, 0.1) is 0 Å². The molecule has 0 unspecified atom stereocenters. The van der Waals surface area contributed by atoms with E-state index in [0.717, 1.165) is 22.7 Å². The molecule has 0 aliphatic carbocycles. The molecule has 0 saturated carbocycles. The lowest BCUT2D eigenvalue weighted by atomic mass is 10.2. The van der Waals surface area contributed by atoms with Gasteiger partial charge in [0.1, 0.15) is 11.6 Å². The number of nitrogen functional groups attached to an aromatic ring is 1. The van der Waals surface area contributed by atoms with Crippen molar-refractivity contribution in [3.05, 3.63) is 84.6 Å². The predicted molar refractivity (Wildman–Crippen MR) is 109 cm³/mol. The van der Waals surface area contributed by atoms with E-state index in [1.807, 2.05) is 71.7 Å². The van der Waals surface area contributed by atoms with Crippen molar-refractivity contribution in [1.29, 1.82) is 0 Å². The minimum absolute atomic E-state index is 0.486. The molecule has 28 heavy (non-hydrogen) atoms. The summed E-state index contributed by atoms with van der Waals surface area (Å²) < 4.78 is 7.01. The van der Waals surface area contributed by atoms with E-state index in [1.165, 1.54) is 0 Å². The summed E-state index contributed by atoms with van der Waals surface area (Å²) in [7, 11) is 1.64. The van der Waals surface area contributed by atoms with Crippen LogP contribution in [-0.4, -0.2) is 26.9 Å². The first-order valence-corrected chi connectivity index (χ1v) is 8.83. The number of para-hydroxylation sites is 1. The second kappa shape index (κ2) is 7.79. The summed E-state index contributed by atoms with van der Waals surface area (Å²) >= 11 is 0. The molecule has 0 saturated heterocycles. The number of hydrogen-bond acceptors (Lipinski definition) is 6. The second-order valence-corrected chi connectivity index (χ2v) is 6.25. The third-order valence-corrected chi connectivity index (χ3v) is 4.24. The summed E-state index contributed by atoms with van der Waals surface area (Å²) in [5, 5.41) is 7.64. The molecule has 0 atom stereocenters. The van der Waals surface area contributed by atoms with Gasteiger partial charge >= 0.3 is 0 Å². The summed E-state index contributed by atoms with van der Waals surface area (Å²) in [6.45, 7) is 0. The molecule has 0 amide bonds. The van der Waals surface area contributed by atoms with Crippen LogP contribution < -0.4 is 15.8 Å². The van der Waals surface area contributed by atoms with E-state index in [9.17, 15) is 0 Å². The predicted octanol–water partition coefficient (Wildman–Crippen LogP) is 3.59. The van der Waals surface area contributed by atoms with Crippen LogP contribution in [-0.2, 0) is 6.42 Å². The van der Waals surface area contributed by atoms with Crippen LogP contribution in [0.2, 0.25) is 0 Å². The summed E-state index contributed by atoms with van der Waals surface area (Å²) in [5.41, 5.74) is 9.42. The number of ether oxygens (including phenoxy) is 1. The molecule has 0 aliphatic rings. The molecule has 140 valence electrons. The van der Waals surface area contributed by atoms with Gasteiger partial charge in [0.2, 0.25) is 0 Å². The maximum Gasteiger partial charge on any atom is 0.157 e. The monoisotopic (exact) mass is 372 g/mol. The van der Waals surface area contributed by atoms with Gasteiger partial charge in [-0.25, -0.2) is 14.6 Å². The number of nitrogens with zero attached hydrogens (tertiary/aromatic N) is 4. The molecule has 0 radical (unpaired) electrons. The number of rotatable bonds is 6. The Balaban J connectivity index is 1.51. The molecule has 0 fully saturated rings. The normalized spacial score (nSPS) is 10.6. The van der Waals surface area contributed by atoms with E-state index in [-0.39, 0.29) is 0 Å². The van der Waals surface area contributed by atoms with Gasteiger partial charge < -0.3 is 15.8 Å². The van der Waals surface area contributed by atoms with Crippen molar-refractivity contribution in [1.82, 2.24) is 19.7 Å². The zero-order valence-electron chi connectivity index (χ0n) is 15.4. The molecular formula is C21H20N6O. The maximum absolute atomic E-state index is 6.04. The molecule has 2 aromatic carbocycles. The number of hydrogen-bond donors (Lipinski definition) is 2. The van der Waals surface area contributed by atoms with Crippen LogP contribution >= 0.6 is 0 Å². The van der Waals surface area contributed by atoms with E-state index in [4.69, 9.17) is 10.5 Å². The van der Waals surface area contributed by atoms with Crippen molar-refractivity contribution >= 4 is 17.2 Å². The Kier molecular flexibility index (Phi) is 4.88. The first-order valence-electron chi connectivity index (χ1n) is 8.83. The minimum Gasteiger partial charge on any atom is -0.497 e. The van der Waals surface area contributed by atoms with Crippen molar-refractivity contribution < 1.29 is 4.74 Å². The maximum atomic E-state index is 6.04. The molecule has 7 nitrogen and oxygen atoms in total. The smallest absolute Gasteiger partial charge is 0.157 e. The fourth-order valence-electron chi connectivity index (χ4n) is 2.78.